The van der Waals surface area contributed by atoms with E-state index in [0.29, 0.717) is 28.0 Å². The molecular weight excluding hydrogens is 361 g/mol. The second-order valence-electron chi connectivity index (χ2n) is 5.51. The molecule has 0 saturated heterocycles. The van der Waals surface area contributed by atoms with E-state index in [1.165, 1.54) is 4.68 Å². The molecule has 0 radical (unpaired) electrons. The van der Waals surface area contributed by atoms with Gasteiger partial charge in [0.1, 0.15) is 0 Å². The Bertz CT molecular complexity index is 729. The van der Waals surface area contributed by atoms with Crippen molar-refractivity contribution in [1.29, 1.82) is 0 Å². The smallest absolute Gasteiger partial charge is 0.336 e. The Balaban J connectivity index is 2.60. The fourth-order valence-corrected chi connectivity index (χ4v) is 2.42. The van der Waals surface area contributed by atoms with E-state index in [-0.39, 0.29) is 17.8 Å². The molecule has 0 unspecified atom stereocenters. The lowest BCUT2D eigenvalue weighted by molar-refractivity contribution is 0.0753. The van der Waals surface area contributed by atoms with Crippen molar-refractivity contribution < 1.29 is 9.53 Å². The van der Waals surface area contributed by atoms with Gasteiger partial charge in [-0.3, -0.25) is 4.79 Å². The van der Waals surface area contributed by atoms with Crippen LogP contribution in [0.4, 0.5) is 0 Å². The summed E-state index contributed by atoms with van der Waals surface area (Å²) in [6.45, 7) is 5.65. The first kappa shape index (κ1) is 18.0. The number of rotatable bonds is 5. The molecule has 2 rings (SSSR count). The summed E-state index contributed by atoms with van der Waals surface area (Å²) < 4.78 is 6.49. The van der Waals surface area contributed by atoms with Crippen LogP contribution in [0.5, 0.6) is 6.01 Å². The summed E-state index contributed by atoms with van der Waals surface area (Å²) in [4.78, 5) is 17.0. The molecule has 2 aromatic rings. The molecule has 0 spiro atoms. The summed E-state index contributed by atoms with van der Waals surface area (Å²) in [5, 5.41) is 4.99. The van der Waals surface area contributed by atoms with Gasteiger partial charge < -0.3 is 4.74 Å². The standard InChI is InChI=1S/C15H16Cl3N3O2/c1-4-23-14-19-12(10-6-5-9(17)7-11(10)18)21(20-14)13(22)15(2,3)8-16/h5-7H,4,8H2,1-3H3. The van der Waals surface area contributed by atoms with E-state index in [4.69, 9.17) is 39.5 Å². The monoisotopic (exact) mass is 375 g/mol. The normalized spacial score (nSPS) is 11.6. The molecule has 23 heavy (non-hydrogen) atoms. The zero-order chi connectivity index (χ0) is 17.2. The second-order valence-corrected chi connectivity index (χ2v) is 6.62. The number of alkyl halides is 1. The van der Waals surface area contributed by atoms with Gasteiger partial charge in [-0.25, -0.2) is 0 Å². The second kappa shape index (κ2) is 7.07. The number of halogens is 3. The van der Waals surface area contributed by atoms with Crippen molar-refractivity contribution in [3.63, 3.8) is 0 Å². The number of nitrogens with zero attached hydrogens (tertiary/aromatic N) is 3. The van der Waals surface area contributed by atoms with Gasteiger partial charge in [-0.05, 0) is 39.0 Å². The van der Waals surface area contributed by atoms with Crippen molar-refractivity contribution in [2.75, 3.05) is 12.5 Å². The number of aromatic nitrogens is 3. The van der Waals surface area contributed by atoms with Crippen LogP contribution in [-0.2, 0) is 0 Å². The highest BCUT2D eigenvalue weighted by Gasteiger charge is 2.32. The lowest BCUT2D eigenvalue weighted by atomic mass is 9.95. The van der Waals surface area contributed by atoms with E-state index in [2.05, 4.69) is 10.1 Å². The third-order valence-electron chi connectivity index (χ3n) is 3.14. The summed E-state index contributed by atoms with van der Waals surface area (Å²) in [6.07, 6.45) is 0. The van der Waals surface area contributed by atoms with E-state index in [1.807, 2.05) is 0 Å². The Morgan fingerprint density at radius 3 is 2.61 bits per heavy atom. The van der Waals surface area contributed by atoms with Gasteiger partial charge in [0, 0.05) is 16.5 Å². The van der Waals surface area contributed by atoms with Crippen LogP contribution < -0.4 is 4.74 Å². The molecule has 0 amide bonds. The number of carbonyl (C=O) groups excluding carboxylic acids is 1. The number of hydrogen-bond donors (Lipinski definition) is 0. The van der Waals surface area contributed by atoms with Gasteiger partial charge >= 0.3 is 6.01 Å². The van der Waals surface area contributed by atoms with Crippen LogP contribution in [0.15, 0.2) is 18.2 Å². The molecule has 1 aromatic heterocycles. The highest BCUT2D eigenvalue weighted by atomic mass is 35.5. The molecule has 0 aliphatic carbocycles. The first-order chi connectivity index (χ1) is 10.8. The third-order valence-corrected chi connectivity index (χ3v) is 4.35. The fourth-order valence-electron chi connectivity index (χ4n) is 1.81. The average molecular weight is 377 g/mol. The van der Waals surface area contributed by atoms with Crippen LogP contribution in [0.25, 0.3) is 11.4 Å². The number of benzene rings is 1. The average Bonchev–Trinajstić information content (AvgIpc) is 2.90. The molecule has 0 saturated carbocycles. The zero-order valence-electron chi connectivity index (χ0n) is 12.9. The Labute approximate surface area is 149 Å². The van der Waals surface area contributed by atoms with Gasteiger partial charge in [0.15, 0.2) is 5.82 Å². The summed E-state index contributed by atoms with van der Waals surface area (Å²) in [6, 6.07) is 5.03. The van der Waals surface area contributed by atoms with Gasteiger partial charge in [0.05, 0.1) is 17.0 Å². The molecule has 0 aliphatic rings. The quantitative estimate of drug-likeness (QED) is 0.718. The van der Waals surface area contributed by atoms with Crippen LogP contribution in [-0.4, -0.2) is 33.2 Å². The summed E-state index contributed by atoms with van der Waals surface area (Å²) in [5.74, 6) is 0.133. The lowest BCUT2D eigenvalue weighted by Gasteiger charge is -2.19. The lowest BCUT2D eigenvalue weighted by Crippen LogP contribution is -2.32. The van der Waals surface area contributed by atoms with Crippen molar-refractivity contribution in [1.82, 2.24) is 14.8 Å². The molecule has 5 nitrogen and oxygen atoms in total. The van der Waals surface area contributed by atoms with Crippen LogP contribution in [0, 0.1) is 5.41 Å². The molecule has 0 N–H and O–H groups in total. The van der Waals surface area contributed by atoms with E-state index >= 15 is 0 Å². The molecule has 0 bridgehead atoms. The summed E-state index contributed by atoms with van der Waals surface area (Å²) in [7, 11) is 0. The van der Waals surface area contributed by atoms with Gasteiger partial charge in [-0.15, -0.1) is 16.7 Å². The van der Waals surface area contributed by atoms with Crippen LogP contribution in [0.2, 0.25) is 10.0 Å². The molecule has 0 aliphatic heterocycles. The Hall–Kier alpha value is -1.30. The van der Waals surface area contributed by atoms with Crippen molar-refractivity contribution in [3.05, 3.63) is 28.2 Å². The van der Waals surface area contributed by atoms with Gasteiger partial charge in [-0.2, -0.15) is 9.67 Å². The Kier molecular flexibility index (Phi) is 5.55. The van der Waals surface area contributed by atoms with Crippen molar-refractivity contribution in [3.8, 4) is 17.4 Å². The molecule has 124 valence electrons. The maximum absolute atomic E-state index is 12.7. The zero-order valence-corrected chi connectivity index (χ0v) is 15.2. The minimum absolute atomic E-state index is 0.104. The minimum atomic E-state index is -0.813. The van der Waals surface area contributed by atoms with Gasteiger partial charge in [-0.1, -0.05) is 23.2 Å². The number of ether oxygens (including phenoxy) is 1. The molecular formula is C15H16Cl3N3O2. The van der Waals surface area contributed by atoms with Crippen molar-refractivity contribution in [2.45, 2.75) is 20.8 Å². The highest BCUT2D eigenvalue weighted by molar-refractivity contribution is 6.36. The minimum Gasteiger partial charge on any atom is -0.463 e. The van der Waals surface area contributed by atoms with Crippen molar-refractivity contribution >= 4 is 40.7 Å². The third kappa shape index (κ3) is 3.79. The first-order valence-electron chi connectivity index (χ1n) is 6.96. The Morgan fingerprint density at radius 2 is 2.04 bits per heavy atom. The fraction of sp³-hybridized carbons (Fsp3) is 0.400. The van der Waals surface area contributed by atoms with E-state index in [0.717, 1.165) is 0 Å². The van der Waals surface area contributed by atoms with E-state index in [9.17, 15) is 4.79 Å². The van der Waals surface area contributed by atoms with E-state index < -0.39 is 5.41 Å². The van der Waals surface area contributed by atoms with Crippen LogP contribution in [0.3, 0.4) is 0 Å². The Morgan fingerprint density at radius 1 is 1.35 bits per heavy atom. The molecule has 0 atom stereocenters. The maximum atomic E-state index is 12.7. The van der Waals surface area contributed by atoms with E-state index in [1.54, 1.807) is 39.0 Å². The van der Waals surface area contributed by atoms with Crippen molar-refractivity contribution in [2.24, 2.45) is 5.41 Å². The largest absolute Gasteiger partial charge is 0.463 e. The van der Waals surface area contributed by atoms with Gasteiger partial charge in [0.2, 0.25) is 0 Å². The number of carbonyl (C=O) groups is 1. The van der Waals surface area contributed by atoms with Crippen LogP contribution in [0.1, 0.15) is 25.6 Å². The topological polar surface area (TPSA) is 57.0 Å². The maximum Gasteiger partial charge on any atom is 0.336 e. The van der Waals surface area contributed by atoms with Crippen LogP contribution >= 0.6 is 34.8 Å². The SMILES string of the molecule is CCOc1nc(-c2ccc(Cl)cc2Cl)n(C(=O)C(C)(C)CCl)n1. The predicted octanol–water partition coefficient (Wildman–Crippen LogP) is 4.56. The summed E-state index contributed by atoms with van der Waals surface area (Å²) in [5.41, 5.74) is -0.278. The predicted molar refractivity (Wildman–Crippen MR) is 91.8 cm³/mol. The molecule has 1 heterocycles. The molecule has 1 aromatic carbocycles. The number of hydrogen-bond acceptors (Lipinski definition) is 4. The highest BCUT2D eigenvalue weighted by Crippen LogP contribution is 2.32. The molecule has 0 fully saturated rings. The van der Waals surface area contributed by atoms with Gasteiger partial charge in [0.25, 0.3) is 5.91 Å². The molecule has 8 heteroatoms. The summed E-state index contributed by atoms with van der Waals surface area (Å²) >= 11 is 18.1. The first-order valence-corrected chi connectivity index (χ1v) is 8.25.